The molecule has 0 fully saturated rings. The first-order valence-corrected chi connectivity index (χ1v) is 11.8. The van der Waals surface area contributed by atoms with Crippen molar-refractivity contribution in [3.8, 4) is 0 Å². The van der Waals surface area contributed by atoms with Crippen LogP contribution >= 0.6 is 11.3 Å². The molecule has 1 atom stereocenters. The molecule has 35 heavy (non-hydrogen) atoms. The van der Waals surface area contributed by atoms with Crippen LogP contribution in [-0.4, -0.2) is 21.6 Å². The molecule has 0 aliphatic heterocycles. The zero-order valence-corrected chi connectivity index (χ0v) is 20.0. The van der Waals surface area contributed by atoms with Crippen molar-refractivity contribution in [2.24, 2.45) is 4.99 Å². The maximum absolute atomic E-state index is 13.2. The van der Waals surface area contributed by atoms with E-state index in [1.54, 1.807) is 0 Å². The molecule has 9 heteroatoms. The Kier molecular flexibility index (Phi) is 7.25. The number of benzene rings is 1. The molecule has 0 bridgehead atoms. The average molecular weight is 497 g/mol. The highest BCUT2D eigenvalue weighted by Gasteiger charge is 2.33. The van der Waals surface area contributed by atoms with E-state index in [2.05, 4.69) is 33.5 Å². The number of carbonyl (C=O) groups excluding carboxylic acids is 1. The average Bonchev–Trinajstić information content (AvgIpc) is 3.35. The van der Waals surface area contributed by atoms with E-state index in [9.17, 15) is 18.0 Å². The van der Waals surface area contributed by atoms with E-state index in [4.69, 9.17) is 4.99 Å². The first-order chi connectivity index (χ1) is 16.7. The number of amides is 1. The number of thiazole rings is 1. The molecule has 3 aromatic rings. The molecule has 1 N–H and O–H groups in total. The van der Waals surface area contributed by atoms with Crippen LogP contribution in [-0.2, 0) is 6.18 Å². The molecule has 2 aromatic heterocycles. The van der Waals surface area contributed by atoms with Crippen molar-refractivity contribution in [2.45, 2.75) is 38.9 Å². The van der Waals surface area contributed by atoms with Crippen LogP contribution in [0.2, 0.25) is 0 Å². The Morgan fingerprint density at radius 3 is 2.60 bits per heavy atom. The van der Waals surface area contributed by atoms with Crippen molar-refractivity contribution < 1.29 is 18.0 Å². The predicted octanol–water partition coefficient (Wildman–Crippen LogP) is 6.94. The molecule has 0 radical (unpaired) electrons. The van der Waals surface area contributed by atoms with Crippen LogP contribution in [0.25, 0.3) is 0 Å². The number of aromatic nitrogens is 2. The SMILES string of the molecule is CC(=NC(C1=CCCC=C1)c1ccccc1)c1ncc(C(=O)Nc2cc(C(F)(F)F)c(C)cn2)s1. The topological polar surface area (TPSA) is 67.2 Å². The molecule has 0 saturated carbocycles. The number of nitrogens with one attached hydrogen (secondary N) is 1. The van der Waals surface area contributed by atoms with E-state index in [1.807, 2.05) is 37.3 Å². The van der Waals surface area contributed by atoms with Crippen molar-refractivity contribution in [3.63, 3.8) is 0 Å². The van der Waals surface area contributed by atoms with Gasteiger partial charge in [0.2, 0.25) is 0 Å². The Bertz CT molecular complexity index is 1310. The van der Waals surface area contributed by atoms with Gasteiger partial charge in [0.1, 0.15) is 21.7 Å². The number of hydrogen-bond acceptors (Lipinski definition) is 5. The molecule has 5 nitrogen and oxygen atoms in total. The number of aliphatic imine (C=N–C) groups is 1. The fraction of sp³-hybridized carbons (Fsp3) is 0.231. The monoisotopic (exact) mass is 496 g/mol. The molecule has 1 amide bonds. The Hall–Kier alpha value is -3.59. The number of aryl methyl sites for hydroxylation is 1. The largest absolute Gasteiger partial charge is 0.416 e. The third-order valence-corrected chi connectivity index (χ3v) is 6.57. The van der Waals surface area contributed by atoms with Crippen molar-refractivity contribution >= 4 is 28.8 Å². The van der Waals surface area contributed by atoms with Crippen LogP contribution in [0.5, 0.6) is 0 Å². The van der Waals surface area contributed by atoms with E-state index < -0.39 is 17.6 Å². The van der Waals surface area contributed by atoms with Crippen LogP contribution < -0.4 is 5.32 Å². The number of anilines is 1. The summed E-state index contributed by atoms with van der Waals surface area (Å²) < 4.78 is 39.5. The molecule has 0 saturated heterocycles. The fourth-order valence-electron chi connectivity index (χ4n) is 3.68. The van der Waals surface area contributed by atoms with Gasteiger partial charge in [-0.05, 0) is 49.5 Å². The summed E-state index contributed by atoms with van der Waals surface area (Å²) >= 11 is 1.12. The fourth-order valence-corrected chi connectivity index (χ4v) is 4.45. The highest BCUT2D eigenvalue weighted by Crippen LogP contribution is 2.33. The van der Waals surface area contributed by atoms with E-state index in [-0.39, 0.29) is 22.3 Å². The number of hydrogen-bond donors (Lipinski definition) is 1. The Labute approximate surface area is 205 Å². The van der Waals surface area contributed by atoms with Gasteiger partial charge in [0.05, 0.1) is 17.5 Å². The van der Waals surface area contributed by atoms with Crippen LogP contribution in [0.3, 0.4) is 0 Å². The molecule has 1 unspecified atom stereocenters. The minimum Gasteiger partial charge on any atom is -0.306 e. The maximum atomic E-state index is 13.2. The van der Waals surface area contributed by atoms with Crippen molar-refractivity contribution in [1.29, 1.82) is 0 Å². The number of pyridine rings is 1. The molecule has 1 aliphatic rings. The van der Waals surface area contributed by atoms with Crippen LogP contribution in [0.1, 0.15) is 57.2 Å². The molecule has 1 aromatic carbocycles. The first kappa shape index (κ1) is 24.5. The normalized spacial score (nSPS) is 15.0. The quantitative estimate of drug-likeness (QED) is 0.376. The van der Waals surface area contributed by atoms with Gasteiger partial charge in [-0.25, -0.2) is 9.97 Å². The molecular weight excluding hydrogens is 473 g/mol. The van der Waals surface area contributed by atoms with Gasteiger partial charge in [-0.2, -0.15) is 13.2 Å². The Balaban J connectivity index is 1.56. The summed E-state index contributed by atoms with van der Waals surface area (Å²) in [6.07, 6.45) is 6.30. The summed E-state index contributed by atoms with van der Waals surface area (Å²) in [5, 5.41) is 2.99. The number of nitrogens with zero attached hydrogens (tertiary/aromatic N) is 3. The van der Waals surface area contributed by atoms with Crippen molar-refractivity contribution in [2.75, 3.05) is 5.32 Å². The number of rotatable bonds is 6. The van der Waals surface area contributed by atoms with Gasteiger partial charge in [0.25, 0.3) is 5.91 Å². The van der Waals surface area contributed by atoms with E-state index >= 15 is 0 Å². The zero-order valence-electron chi connectivity index (χ0n) is 19.1. The summed E-state index contributed by atoms with van der Waals surface area (Å²) in [5.74, 6) is -0.753. The molecule has 180 valence electrons. The number of alkyl halides is 3. The standard InChI is InChI=1S/C26H23F3N4OS/c1-16-14-30-22(13-20(16)26(27,28)29)33-24(34)21-15-31-25(35-21)17(2)32-23(18-9-5-3-6-10-18)19-11-7-4-8-12-19/h3,5-7,9-15,23H,4,8H2,1-2H3,(H,30,33,34). The van der Waals surface area contributed by atoms with Gasteiger partial charge < -0.3 is 5.32 Å². The van der Waals surface area contributed by atoms with Crippen LogP contribution in [0.15, 0.2) is 77.6 Å². The summed E-state index contributed by atoms with van der Waals surface area (Å²) in [4.78, 5) is 26.1. The smallest absolute Gasteiger partial charge is 0.306 e. The summed E-state index contributed by atoms with van der Waals surface area (Å²) in [6, 6.07) is 10.6. The predicted molar refractivity (Wildman–Crippen MR) is 132 cm³/mol. The minimum absolute atomic E-state index is 0.0155. The maximum Gasteiger partial charge on any atom is 0.416 e. The van der Waals surface area contributed by atoms with E-state index in [0.717, 1.165) is 47.6 Å². The number of carbonyl (C=O) groups is 1. The second-order valence-corrected chi connectivity index (χ2v) is 9.11. The zero-order chi connectivity index (χ0) is 25.0. The van der Waals surface area contributed by atoms with Gasteiger partial charge in [-0.3, -0.25) is 9.79 Å². The summed E-state index contributed by atoms with van der Waals surface area (Å²) in [6.45, 7) is 3.15. The minimum atomic E-state index is -4.53. The number of allylic oxidation sites excluding steroid dienone is 2. The highest BCUT2D eigenvalue weighted by molar-refractivity contribution is 7.15. The van der Waals surface area contributed by atoms with Gasteiger partial charge in [0.15, 0.2) is 0 Å². The van der Waals surface area contributed by atoms with Gasteiger partial charge >= 0.3 is 6.18 Å². The van der Waals surface area contributed by atoms with Crippen LogP contribution in [0, 0.1) is 6.92 Å². The molecular formula is C26H23F3N4OS. The second kappa shape index (κ2) is 10.4. The summed E-state index contributed by atoms with van der Waals surface area (Å²) in [5.41, 5.74) is 1.95. The van der Waals surface area contributed by atoms with Crippen LogP contribution in [0.4, 0.5) is 19.0 Å². The van der Waals surface area contributed by atoms with Crippen molar-refractivity contribution in [1.82, 2.24) is 9.97 Å². The Morgan fingerprint density at radius 1 is 1.14 bits per heavy atom. The summed E-state index contributed by atoms with van der Waals surface area (Å²) in [7, 11) is 0. The van der Waals surface area contributed by atoms with E-state index in [1.165, 1.54) is 13.1 Å². The second-order valence-electron chi connectivity index (χ2n) is 8.08. The Morgan fingerprint density at radius 2 is 1.91 bits per heavy atom. The molecule has 4 rings (SSSR count). The highest BCUT2D eigenvalue weighted by atomic mass is 32.1. The lowest BCUT2D eigenvalue weighted by Crippen LogP contribution is -2.14. The lowest BCUT2D eigenvalue weighted by Gasteiger charge is -2.17. The number of halogens is 3. The van der Waals surface area contributed by atoms with Gasteiger partial charge in [0, 0.05) is 6.20 Å². The third-order valence-electron chi connectivity index (χ3n) is 5.47. The molecule has 2 heterocycles. The van der Waals surface area contributed by atoms with Gasteiger partial charge in [-0.1, -0.05) is 48.6 Å². The molecule has 0 spiro atoms. The van der Waals surface area contributed by atoms with Crippen molar-refractivity contribution in [3.05, 3.63) is 99.2 Å². The van der Waals surface area contributed by atoms with Gasteiger partial charge in [-0.15, -0.1) is 11.3 Å². The molecule has 1 aliphatic carbocycles. The first-order valence-electron chi connectivity index (χ1n) is 11.0. The third kappa shape index (κ3) is 5.92. The van der Waals surface area contributed by atoms with E-state index in [0.29, 0.717) is 10.7 Å². The lowest BCUT2D eigenvalue weighted by atomic mass is 9.94. The lowest BCUT2D eigenvalue weighted by molar-refractivity contribution is -0.138.